The number of hydrogen-bond acceptors (Lipinski definition) is 4. The van der Waals surface area contributed by atoms with Gasteiger partial charge in [0.15, 0.2) is 0 Å². The number of nitrogens with two attached hydrogens (primary N) is 1. The van der Waals surface area contributed by atoms with Gasteiger partial charge in [-0.25, -0.2) is 0 Å². The van der Waals surface area contributed by atoms with Crippen LogP contribution in [0.1, 0.15) is 6.42 Å². The lowest BCUT2D eigenvalue weighted by Crippen LogP contribution is -2.93. The summed E-state index contributed by atoms with van der Waals surface area (Å²) in [5.41, 5.74) is 0.531. The molecular formula is C12H15N3O3. The Kier molecular flexibility index (Phi) is 5.53. The number of carboxylic acid groups (broad SMARTS) is 1. The van der Waals surface area contributed by atoms with Crippen molar-refractivity contribution in [2.75, 3.05) is 11.9 Å². The number of pyridine rings is 1. The molecule has 1 aromatic heterocycles. The van der Waals surface area contributed by atoms with Crippen LogP contribution in [0.15, 0.2) is 37.2 Å². The molecule has 0 aromatic carbocycles. The van der Waals surface area contributed by atoms with Crippen molar-refractivity contribution in [3.8, 4) is 0 Å². The lowest BCUT2D eigenvalue weighted by molar-refractivity contribution is -0.674. The van der Waals surface area contributed by atoms with Crippen LogP contribution < -0.4 is 15.7 Å². The molecule has 0 unspecified atom stereocenters. The Balaban J connectivity index is 2.51. The van der Waals surface area contributed by atoms with Gasteiger partial charge in [0.1, 0.15) is 6.04 Å². The zero-order valence-electron chi connectivity index (χ0n) is 9.83. The van der Waals surface area contributed by atoms with Crippen LogP contribution in [0.3, 0.4) is 0 Å². The Hall–Kier alpha value is -2.21. The number of nitrogens with one attached hydrogen (secondary N) is 1. The molecule has 0 saturated heterocycles. The Bertz CT molecular complexity index is 420. The molecule has 0 fully saturated rings. The monoisotopic (exact) mass is 249 g/mol. The number of carbonyl (C=O) groups excluding carboxylic acids is 2. The summed E-state index contributed by atoms with van der Waals surface area (Å²) < 4.78 is 0. The molecule has 0 aliphatic heterocycles. The fraction of sp³-hybridized carbons (Fsp3) is 0.250. The maximum absolute atomic E-state index is 11.6. The zero-order valence-corrected chi connectivity index (χ0v) is 9.83. The highest BCUT2D eigenvalue weighted by Gasteiger charge is 2.17. The largest absolute Gasteiger partial charge is 0.544 e. The molecule has 1 atom stereocenters. The van der Waals surface area contributed by atoms with E-state index >= 15 is 0 Å². The third-order valence-electron chi connectivity index (χ3n) is 2.24. The number of nitrogens with zero attached hydrogens (tertiary/aromatic N) is 1. The second kappa shape index (κ2) is 7.18. The van der Waals surface area contributed by atoms with E-state index in [0.717, 1.165) is 0 Å². The van der Waals surface area contributed by atoms with E-state index in [1.165, 1.54) is 11.5 Å². The first-order valence-electron chi connectivity index (χ1n) is 5.48. The van der Waals surface area contributed by atoms with E-state index in [1.54, 1.807) is 24.4 Å². The van der Waals surface area contributed by atoms with E-state index < -0.39 is 17.9 Å². The van der Waals surface area contributed by atoms with Crippen LogP contribution in [0.5, 0.6) is 0 Å². The SMILES string of the molecule is C=CC[NH2+][C@@H](CC(=O)Nc1cccnc1)C(=O)[O-]. The average Bonchev–Trinajstić information content (AvgIpc) is 2.35. The normalized spacial score (nSPS) is 11.6. The molecule has 1 rings (SSSR count). The van der Waals surface area contributed by atoms with Gasteiger partial charge < -0.3 is 20.5 Å². The summed E-state index contributed by atoms with van der Waals surface area (Å²) in [7, 11) is 0. The molecule has 0 spiro atoms. The number of carbonyl (C=O) groups is 2. The highest BCUT2D eigenvalue weighted by Crippen LogP contribution is 2.03. The van der Waals surface area contributed by atoms with Crippen molar-refractivity contribution in [2.45, 2.75) is 12.5 Å². The standard InChI is InChI=1S/C12H15N3O3/c1-2-5-14-10(12(17)18)7-11(16)15-9-4-3-6-13-8-9/h2-4,6,8,10,14H,1,5,7H2,(H,15,16)(H,17,18)/t10-/m0/s1. The first kappa shape index (κ1) is 13.9. The zero-order chi connectivity index (χ0) is 13.4. The van der Waals surface area contributed by atoms with Crippen LogP contribution in [-0.4, -0.2) is 29.4 Å². The van der Waals surface area contributed by atoms with Crippen LogP contribution in [0, 0.1) is 0 Å². The van der Waals surface area contributed by atoms with Crippen molar-refractivity contribution in [3.05, 3.63) is 37.2 Å². The molecule has 1 heterocycles. The minimum absolute atomic E-state index is 0.162. The summed E-state index contributed by atoms with van der Waals surface area (Å²) in [5.74, 6) is -1.66. The summed E-state index contributed by atoms with van der Waals surface area (Å²) in [4.78, 5) is 26.3. The predicted octanol–water partition coefficient (Wildman–Crippen LogP) is -1.72. The van der Waals surface area contributed by atoms with E-state index in [0.29, 0.717) is 12.2 Å². The number of aliphatic carboxylic acids is 1. The summed E-state index contributed by atoms with van der Waals surface area (Å²) >= 11 is 0. The molecule has 6 heteroatoms. The van der Waals surface area contributed by atoms with Gasteiger partial charge in [-0.2, -0.15) is 0 Å². The van der Waals surface area contributed by atoms with E-state index in [9.17, 15) is 14.7 Å². The minimum Gasteiger partial charge on any atom is -0.544 e. The van der Waals surface area contributed by atoms with Gasteiger partial charge in [-0.3, -0.25) is 9.78 Å². The quantitative estimate of drug-likeness (QED) is 0.561. The smallest absolute Gasteiger partial charge is 0.230 e. The van der Waals surface area contributed by atoms with Crippen molar-refractivity contribution in [3.63, 3.8) is 0 Å². The molecular weight excluding hydrogens is 234 g/mol. The summed E-state index contributed by atoms with van der Waals surface area (Å²) in [5, 5.41) is 14.9. The van der Waals surface area contributed by atoms with Gasteiger partial charge in [-0.1, -0.05) is 6.58 Å². The van der Waals surface area contributed by atoms with Gasteiger partial charge in [0.2, 0.25) is 5.91 Å². The van der Waals surface area contributed by atoms with E-state index in [2.05, 4.69) is 16.9 Å². The van der Waals surface area contributed by atoms with E-state index in [1.807, 2.05) is 0 Å². The highest BCUT2D eigenvalue weighted by atomic mass is 16.4. The van der Waals surface area contributed by atoms with Gasteiger partial charge >= 0.3 is 0 Å². The van der Waals surface area contributed by atoms with Crippen LogP contribution >= 0.6 is 0 Å². The molecule has 6 nitrogen and oxygen atoms in total. The second-order valence-corrected chi connectivity index (χ2v) is 3.68. The second-order valence-electron chi connectivity index (χ2n) is 3.68. The third-order valence-corrected chi connectivity index (χ3v) is 2.24. The van der Waals surface area contributed by atoms with Crippen molar-refractivity contribution in [2.24, 2.45) is 0 Å². The number of anilines is 1. The fourth-order valence-corrected chi connectivity index (χ4v) is 1.37. The summed E-state index contributed by atoms with van der Waals surface area (Å²) in [6.07, 6.45) is 4.47. The van der Waals surface area contributed by atoms with Gasteiger partial charge in [0.25, 0.3) is 0 Å². The Morgan fingerprint density at radius 2 is 2.39 bits per heavy atom. The van der Waals surface area contributed by atoms with Crippen LogP contribution in [0.4, 0.5) is 5.69 Å². The number of hydrogen-bond donors (Lipinski definition) is 2. The third kappa shape index (κ3) is 4.75. The first-order chi connectivity index (χ1) is 8.63. The van der Waals surface area contributed by atoms with Gasteiger partial charge in [-0.15, -0.1) is 0 Å². The van der Waals surface area contributed by atoms with E-state index in [-0.39, 0.29) is 6.42 Å². The van der Waals surface area contributed by atoms with Crippen LogP contribution in [0.25, 0.3) is 0 Å². The fourth-order valence-electron chi connectivity index (χ4n) is 1.37. The van der Waals surface area contributed by atoms with Crippen LogP contribution in [0.2, 0.25) is 0 Å². The first-order valence-corrected chi connectivity index (χ1v) is 5.48. The molecule has 1 amide bonds. The Morgan fingerprint density at radius 1 is 1.61 bits per heavy atom. The van der Waals surface area contributed by atoms with Crippen molar-refractivity contribution in [1.29, 1.82) is 0 Å². The molecule has 18 heavy (non-hydrogen) atoms. The molecule has 0 radical (unpaired) electrons. The Labute approximate surface area is 105 Å². The molecule has 0 saturated carbocycles. The van der Waals surface area contributed by atoms with Gasteiger partial charge in [0.05, 0.1) is 30.8 Å². The molecule has 96 valence electrons. The van der Waals surface area contributed by atoms with Crippen molar-refractivity contribution >= 4 is 17.6 Å². The molecule has 3 N–H and O–H groups in total. The van der Waals surface area contributed by atoms with Gasteiger partial charge in [0, 0.05) is 6.20 Å². The number of rotatable bonds is 7. The lowest BCUT2D eigenvalue weighted by atomic mass is 10.2. The number of quaternary nitrogens is 1. The van der Waals surface area contributed by atoms with Gasteiger partial charge in [-0.05, 0) is 18.2 Å². The van der Waals surface area contributed by atoms with Crippen molar-refractivity contribution < 1.29 is 20.0 Å². The summed E-state index contributed by atoms with van der Waals surface area (Å²) in [6.45, 7) is 3.90. The Morgan fingerprint density at radius 3 is 2.94 bits per heavy atom. The molecule has 0 aliphatic rings. The molecule has 0 aliphatic carbocycles. The number of amides is 1. The lowest BCUT2D eigenvalue weighted by Gasteiger charge is -2.15. The maximum Gasteiger partial charge on any atom is 0.230 e. The highest BCUT2D eigenvalue weighted by molar-refractivity contribution is 5.93. The molecule has 1 aromatic rings. The maximum atomic E-state index is 11.6. The molecule has 0 bridgehead atoms. The van der Waals surface area contributed by atoms with Crippen LogP contribution in [-0.2, 0) is 9.59 Å². The summed E-state index contributed by atoms with van der Waals surface area (Å²) in [6, 6.07) is 2.43. The minimum atomic E-state index is -1.27. The van der Waals surface area contributed by atoms with E-state index in [4.69, 9.17) is 0 Å². The topological polar surface area (TPSA) is 98.7 Å². The number of aromatic nitrogens is 1. The number of carboxylic acids is 1. The average molecular weight is 249 g/mol. The predicted molar refractivity (Wildman–Crippen MR) is 63.3 cm³/mol. The van der Waals surface area contributed by atoms with Crippen molar-refractivity contribution in [1.82, 2.24) is 4.98 Å².